The van der Waals surface area contributed by atoms with Crippen molar-refractivity contribution in [3.8, 4) is 0 Å². The molecule has 124 valence electrons. The van der Waals surface area contributed by atoms with Gasteiger partial charge in [0.15, 0.2) is 0 Å². The molecule has 1 atom stereocenters. The highest BCUT2D eigenvalue weighted by atomic mass is 32.1. The summed E-state index contributed by atoms with van der Waals surface area (Å²) in [5, 5.41) is 0. The Kier molecular flexibility index (Phi) is 5.62. The van der Waals surface area contributed by atoms with Gasteiger partial charge >= 0.3 is 0 Å². The first-order valence-electron chi connectivity index (χ1n) is 8.47. The molecule has 1 saturated heterocycles. The van der Waals surface area contributed by atoms with Crippen LogP contribution in [0.15, 0.2) is 29.9 Å². The number of likely N-dealkylation sites (tertiary alicyclic amines) is 1. The fourth-order valence-electron chi connectivity index (χ4n) is 3.29. The molecule has 0 radical (unpaired) electrons. The molecule has 3 heterocycles. The Balaban J connectivity index is 1.59. The summed E-state index contributed by atoms with van der Waals surface area (Å²) in [4.78, 5) is 15.1. The van der Waals surface area contributed by atoms with Gasteiger partial charge in [-0.3, -0.25) is 9.88 Å². The predicted molar refractivity (Wildman–Crippen MR) is 97.0 cm³/mol. The Morgan fingerprint density at radius 1 is 1.30 bits per heavy atom. The van der Waals surface area contributed by atoms with Crippen molar-refractivity contribution in [3.05, 3.63) is 40.5 Å². The van der Waals surface area contributed by atoms with E-state index in [4.69, 9.17) is 4.98 Å². The number of anilines is 1. The van der Waals surface area contributed by atoms with Crippen molar-refractivity contribution >= 4 is 17.2 Å². The van der Waals surface area contributed by atoms with E-state index in [1.807, 2.05) is 25.8 Å². The summed E-state index contributed by atoms with van der Waals surface area (Å²) >= 11 is 1.77. The van der Waals surface area contributed by atoms with Crippen molar-refractivity contribution in [1.29, 1.82) is 0 Å². The minimum Gasteiger partial charge on any atom is -0.363 e. The summed E-state index contributed by atoms with van der Waals surface area (Å²) in [5.74, 6) is 1.05. The molecule has 0 saturated carbocycles. The Labute approximate surface area is 143 Å². The van der Waals surface area contributed by atoms with Crippen LogP contribution < -0.4 is 4.90 Å². The highest BCUT2D eigenvalue weighted by Gasteiger charge is 2.22. The zero-order valence-corrected chi connectivity index (χ0v) is 14.9. The average molecular weight is 331 g/mol. The minimum absolute atomic E-state index is 0.677. The predicted octanol–water partition coefficient (Wildman–Crippen LogP) is 3.59. The lowest BCUT2D eigenvalue weighted by Crippen LogP contribution is -2.39. The fourth-order valence-corrected chi connectivity index (χ4v) is 3.90. The van der Waals surface area contributed by atoms with Crippen molar-refractivity contribution in [1.82, 2.24) is 14.9 Å². The largest absolute Gasteiger partial charge is 0.363 e. The van der Waals surface area contributed by atoms with Crippen LogP contribution >= 0.6 is 11.3 Å². The van der Waals surface area contributed by atoms with Crippen LogP contribution in [0.5, 0.6) is 0 Å². The zero-order valence-electron chi connectivity index (χ0n) is 14.1. The third kappa shape index (κ3) is 4.52. The topological polar surface area (TPSA) is 32.3 Å². The van der Waals surface area contributed by atoms with E-state index in [1.54, 1.807) is 11.3 Å². The Hall–Kier alpha value is -1.46. The second-order valence-corrected chi connectivity index (χ2v) is 7.48. The summed E-state index contributed by atoms with van der Waals surface area (Å²) in [6.07, 6.45) is 8.26. The number of thiazole rings is 1. The van der Waals surface area contributed by atoms with Crippen molar-refractivity contribution in [2.24, 2.45) is 0 Å². The van der Waals surface area contributed by atoms with Gasteiger partial charge in [0.25, 0.3) is 0 Å². The van der Waals surface area contributed by atoms with E-state index < -0.39 is 0 Å². The minimum atomic E-state index is 0.677. The van der Waals surface area contributed by atoms with Gasteiger partial charge < -0.3 is 4.90 Å². The van der Waals surface area contributed by atoms with Crippen LogP contribution in [0.3, 0.4) is 0 Å². The summed E-state index contributed by atoms with van der Waals surface area (Å²) in [6.45, 7) is 2.27. The molecule has 1 aliphatic heterocycles. The maximum atomic E-state index is 4.76. The van der Waals surface area contributed by atoms with Crippen molar-refractivity contribution in [3.63, 3.8) is 0 Å². The van der Waals surface area contributed by atoms with Crippen LogP contribution in [0, 0.1) is 0 Å². The molecule has 0 aliphatic carbocycles. The second-order valence-electron chi connectivity index (χ2n) is 6.51. The molecule has 3 rings (SSSR count). The molecule has 0 N–H and O–H groups in total. The van der Waals surface area contributed by atoms with Gasteiger partial charge in [-0.1, -0.05) is 12.5 Å². The normalized spacial score (nSPS) is 19.0. The van der Waals surface area contributed by atoms with Gasteiger partial charge in [0, 0.05) is 43.4 Å². The quantitative estimate of drug-likeness (QED) is 0.810. The van der Waals surface area contributed by atoms with Crippen molar-refractivity contribution in [2.75, 3.05) is 25.5 Å². The van der Waals surface area contributed by atoms with E-state index in [1.165, 1.54) is 42.8 Å². The Bertz CT molecular complexity index is 597. The lowest BCUT2D eigenvalue weighted by Gasteiger charge is -2.35. The maximum absolute atomic E-state index is 4.76. The number of rotatable bonds is 6. The molecule has 2 aromatic heterocycles. The Morgan fingerprint density at radius 2 is 2.22 bits per heavy atom. The van der Waals surface area contributed by atoms with E-state index in [9.17, 15) is 0 Å². The first kappa shape index (κ1) is 16.4. The molecule has 0 spiro atoms. The van der Waals surface area contributed by atoms with Gasteiger partial charge in [0.2, 0.25) is 0 Å². The number of aromatic nitrogens is 2. The molecule has 0 bridgehead atoms. The van der Waals surface area contributed by atoms with Gasteiger partial charge in [-0.2, -0.15) is 0 Å². The van der Waals surface area contributed by atoms with E-state index in [0.717, 1.165) is 18.8 Å². The fraction of sp³-hybridized carbons (Fsp3) is 0.556. The molecule has 5 heteroatoms. The summed E-state index contributed by atoms with van der Waals surface area (Å²) in [5.41, 5.74) is 3.14. The number of hydrogen-bond donors (Lipinski definition) is 0. The zero-order chi connectivity index (χ0) is 16.1. The number of aryl methyl sites for hydroxylation is 1. The highest BCUT2D eigenvalue weighted by Crippen LogP contribution is 2.24. The van der Waals surface area contributed by atoms with Gasteiger partial charge in [-0.15, -0.1) is 11.3 Å². The number of pyridine rings is 1. The molecule has 1 unspecified atom stereocenters. The van der Waals surface area contributed by atoms with Crippen molar-refractivity contribution in [2.45, 2.75) is 44.7 Å². The standard InChI is InChI=1S/C18H26N4S/c1-21(2)18-8-5-6-15(20-18)9-10-16-7-3-4-11-22(16)13-17-12-19-14-23-17/h5-6,8,12,14,16H,3-4,7,9-11,13H2,1-2H3. The third-order valence-electron chi connectivity index (χ3n) is 4.58. The van der Waals surface area contributed by atoms with Crippen LogP contribution in [0.2, 0.25) is 0 Å². The number of nitrogens with zero attached hydrogens (tertiary/aromatic N) is 4. The van der Waals surface area contributed by atoms with E-state index in [2.05, 4.69) is 33.0 Å². The van der Waals surface area contributed by atoms with E-state index in [0.29, 0.717) is 6.04 Å². The van der Waals surface area contributed by atoms with Crippen LogP contribution in [0.1, 0.15) is 36.3 Å². The smallest absolute Gasteiger partial charge is 0.128 e. The molecule has 0 aromatic carbocycles. The third-order valence-corrected chi connectivity index (χ3v) is 5.34. The Morgan fingerprint density at radius 3 is 3.00 bits per heavy atom. The van der Waals surface area contributed by atoms with Gasteiger partial charge in [0.05, 0.1) is 5.51 Å². The van der Waals surface area contributed by atoms with Gasteiger partial charge in [-0.05, 0) is 44.4 Å². The van der Waals surface area contributed by atoms with Crippen molar-refractivity contribution < 1.29 is 0 Å². The van der Waals surface area contributed by atoms with Gasteiger partial charge in [0.1, 0.15) is 5.82 Å². The molecule has 0 amide bonds. The lowest BCUT2D eigenvalue weighted by atomic mass is 9.97. The summed E-state index contributed by atoms with van der Waals surface area (Å²) in [7, 11) is 4.09. The molecular weight excluding hydrogens is 304 g/mol. The van der Waals surface area contributed by atoms with Crippen LogP contribution in [0.25, 0.3) is 0 Å². The average Bonchev–Trinajstić information content (AvgIpc) is 3.07. The van der Waals surface area contributed by atoms with Crippen LogP contribution in [0.4, 0.5) is 5.82 Å². The first-order valence-corrected chi connectivity index (χ1v) is 9.35. The van der Waals surface area contributed by atoms with E-state index >= 15 is 0 Å². The SMILES string of the molecule is CN(C)c1cccc(CCC2CCCCN2Cc2cncs2)n1. The maximum Gasteiger partial charge on any atom is 0.128 e. The molecular formula is C18H26N4S. The highest BCUT2D eigenvalue weighted by molar-refractivity contribution is 7.09. The van der Waals surface area contributed by atoms with E-state index in [-0.39, 0.29) is 0 Å². The number of hydrogen-bond acceptors (Lipinski definition) is 5. The molecule has 4 nitrogen and oxygen atoms in total. The number of piperidine rings is 1. The molecule has 2 aromatic rings. The lowest BCUT2D eigenvalue weighted by molar-refractivity contribution is 0.133. The van der Waals surface area contributed by atoms with Gasteiger partial charge in [-0.25, -0.2) is 4.98 Å². The summed E-state index contributed by atoms with van der Waals surface area (Å²) < 4.78 is 0. The summed E-state index contributed by atoms with van der Waals surface area (Å²) in [6, 6.07) is 7.02. The van der Waals surface area contributed by atoms with Crippen LogP contribution in [-0.2, 0) is 13.0 Å². The monoisotopic (exact) mass is 330 g/mol. The second kappa shape index (κ2) is 7.88. The molecule has 1 fully saturated rings. The molecule has 23 heavy (non-hydrogen) atoms. The molecule has 1 aliphatic rings. The van der Waals surface area contributed by atoms with Crippen LogP contribution in [-0.4, -0.2) is 41.5 Å². The first-order chi connectivity index (χ1) is 11.2.